The molecular weight excluding hydrogens is 435 g/mol. The molecule has 3 N–H and O–H groups in total. The average Bonchev–Trinajstić information content (AvgIpc) is 2.66. The first-order chi connectivity index (χ1) is 13.8. The fourth-order valence-electron chi connectivity index (χ4n) is 2.16. The fourth-order valence-corrected chi connectivity index (χ4v) is 3.24. The highest BCUT2D eigenvalue weighted by Crippen LogP contribution is 2.37. The normalized spacial score (nSPS) is 13.1. The van der Waals surface area contributed by atoms with Crippen molar-refractivity contribution >= 4 is 41.9 Å². The Morgan fingerprint density at radius 2 is 1.52 bits per heavy atom. The third-order valence-electron chi connectivity index (χ3n) is 3.67. The second-order valence-corrected chi connectivity index (χ2v) is 11.4. The van der Waals surface area contributed by atoms with Crippen LogP contribution in [0.15, 0.2) is 0 Å². The van der Waals surface area contributed by atoms with E-state index in [2.05, 4.69) is 10.6 Å². The van der Waals surface area contributed by atoms with Crippen LogP contribution in [0.2, 0.25) is 0 Å². The van der Waals surface area contributed by atoms with Crippen LogP contribution in [0.1, 0.15) is 38.5 Å². The van der Waals surface area contributed by atoms with Gasteiger partial charge >= 0.3 is 0 Å². The van der Waals surface area contributed by atoms with Gasteiger partial charge in [0.05, 0.1) is 33.0 Å². The molecule has 0 aromatic carbocycles. The van der Waals surface area contributed by atoms with E-state index in [4.69, 9.17) is 25.8 Å². The van der Waals surface area contributed by atoms with Crippen molar-refractivity contribution in [2.24, 2.45) is 0 Å². The summed E-state index contributed by atoms with van der Waals surface area (Å²) >= 11 is 6.44. The first kappa shape index (κ1) is 28.8. The van der Waals surface area contributed by atoms with E-state index in [0.29, 0.717) is 59.0 Å². The molecule has 29 heavy (non-hydrogen) atoms. The van der Waals surface area contributed by atoms with E-state index in [0.717, 1.165) is 31.4 Å². The molecule has 1 unspecified atom stereocenters. The Hall–Kier alpha value is -0.220. The van der Waals surface area contributed by atoms with E-state index in [1.807, 2.05) is 6.26 Å². The molecule has 1 atom stereocenters. The largest absolute Gasteiger partial charge is 0.379 e. The Kier molecular flexibility index (Phi) is 19.6. The van der Waals surface area contributed by atoms with Gasteiger partial charge in [0.25, 0.3) is 0 Å². The zero-order valence-electron chi connectivity index (χ0n) is 17.7. The first-order valence-corrected chi connectivity index (χ1v) is 14.5. The maximum Gasteiger partial charge on any atom is 0.222 e. The van der Waals surface area contributed by atoms with E-state index < -0.39 is 6.49 Å². The lowest BCUT2D eigenvalue weighted by Crippen LogP contribution is -2.28. The van der Waals surface area contributed by atoms with Crippen LogP contribution in [0, 0.1) is 0 Å². The molecular formula is C18H37N2O6PS2. The molecule has 0 saturated heterocycles. The highest BCUT2D eigenvalue weighted by atomic mass is 32.5. The zero-order chi connectivity index (χ0) is 21.8. The summed E-state index contributed by atoms with van der Waals surface area (Å²) in [7, 11) is 0. The van der Waals surface area contributed by atoms with Crippen LogP contribution in [0.4, 0.5) is 0 Å². The van der Waals surface area contributed by atoms with Crippen LogP contribution < -0.4 is 10.6 Å². The lowest BCUT2D eigenvalue weighted by molar-refractivity contribution is -0.122. The van der Waals surface area contributed by atoms with Crippen molar-refractivity contribution in [1.82, 2.24) is 10.6 Å². The monoisotopic (exact) mass is 472 g/mol. The smallest absolute Gasteiger partial charge is 0.222 e. The number of carbonyl (C=O) groups is 2. The van der Waals surface area contributed by atoms with Crippen LogP contribution in [0.3, 0.4) is 0 Å². The summed E-state index contributed by atoms with van der Waals surface area (Å²) in [6.07, 6.45) is 6.58. The van der Waals surface area contributed by atoms with Gasteiger partial charge in [0.15, 0.2) is 6.49 Å². The molecule has 0 fully saturated rings. The third kappa shape index (κ3) is 23.9. The van der Waals surface area contributed by atoms with Crippen molar-refractivity contribution in [3.8, 4) is 0 Å². The Labute approximate surface area is 184 Å². The van der Waals surface area contributed by atoms with Crippen molar-refractivity contribution in [3.05, 3.63) is 0 Å². The molecule has 2 amide bonds. The summed E-state index contributed by atoms with van der Waals surface area (Å²) in [5.74, 6) is 0.849. The molecule has 0 aliphatic heterocycles. The summed E-state index contributed by atoms with van der Waals surface area (Å²) in [4.78, 5) is 32.4. The van der Waals surface area contributed by atoms with Gasteiger partial charge in [0.1, 0.15) is 0 Å². The highest BCUT2D eigenvalue weighted by Gasteiger charge is 2.04. The zero-order valence-corrected chi connectivity index (χ0v) is 20.2. The maximum atomic E-state index is 11.7. The molecule has 0 radical (unpaired) electrons. The number of rotatable bonds is 20. The maximum absolute atomic E-state index is 11.7. The van der Waals surface area contributed by atoms with Gasteiger partial charge in [-0.05, 0) is 30.9 Å². The molecule has 0 aromatic heterocycles. The van der Waals surface area contributed by atoms with Crippen LogP contribution in [0.5, 0.6) is 0 Å². The predicted octanol–water partition coefficient (Wildman–Crippen LogP) is 1.90. The fraction of sp³-hybridized carbons (Fsp3) is 0.889. The van der Waals surface area contributed by atoms with Crippen LogP contribution in [0.25, 0.3) is 0 Å². The molecule has 0 aliphatic rings. The van der Waals surface area contributed by atoms with E-state index in [1.165, 1.54) is 0 Å². The lowest BCUT2D eigenvalue weighted by atomic mass is 10.2. The number of unbranched alkanes of at least 4 members (excludes halogenated alkanes) is 3. The quantitative estimate of drug-likeness (QED) is 0.182. The second kappa shape index (κ2) is 19.7. The SMILES string of the molecule is CSCCC(=O)NCCOCCOCCC(=O)NCCCCCCOP(C)(O)=S. The summed E-state index contributed by atoms with van der Waals surface area (Å²) in [6, 6.07) is 0. The van der Waals surface area contributed by atoms with Crippen molar-refractivity contribution in [2.75, 3.05) is 64.8 Å². The number of carbonyl (C=O) groups excluding carboxylic acids is 2. The molecule has 172 valence electrons. The molecule has 0 spiro atoms. The van der Waals surface area contributed by atoms with Crippen LogP contribution in [-0.4, -0.2) is 81.5 Å². The molecule has 0 rings (SSSR count). The Morgan fingerprint density at radius 1 is 0.897 bits per heavy atom. The summed E-state index contributed by atoms with van der Waals surface area (Å²) in [5, 5.41) is 5.66. The lowest BCUT2D eigenvalue weighted by Gasteiger charge is -2.10. The number of thioether (sulfide) groups is 1. The number of nitrogens with one attached hydrogen (secondary N) is 2. The van der Waals surface area contributed by atoms with E-state index in [1.54, 1.807) is 18.4 Å². The molecule has 0 aromatic rings. The third-order valence-corrected chi connectivity index (χ3v) is 5.26. The highest BCUT2D eigenvalue weighted by molar-refractivity contribution is 8.09. The molecule has 0 heterocycles. The van der Waals surface area contributed by atoms with E-state index in [9.17, 15) is 14.5 Å². The van der Waals surface area contributed by atoms with Crippen molar-refractivity contribution in [1.29, 1.82) is 0 Å². The van der Waals surface area contributed by atoms with Gasteiger partial charge in [-0.2, -0.15) is 11.8 Å². The van der Waals surface area contributed by atoms with Gasteiger partial charge in [-0.15, -0.1) is 0 Å². The number of ether oxygens (including phenoxy) is 2. The van der Waals surface area contributed by atoms with Gasteiger partial charge < -0.3 is 29.5 Å². The standard InChI is InChI=1S/C18H37N2O6PS2/c1-27(23,28)26-11-6-4-3-5-9-19-17(21)7-12-24-14-15-25-13-10-20-18(22)8-16-29-2/h3-16H2,1-2H3,(H,19,21)(H,20,22)(H,23,28). The van der Waals surface area contributed by atoms with Gasteiger partial charge in [-0.25, -0.2) is 0 Å². The molecule has 0 bridgehead atoms. The Bertz CT molecular complexity index is 479. The van der Waals surface area contributed by atoms with E-state index >= 15 is 0 Å². The Balaban J connectivity index is 3.28. The van der Waals surface area contributed by atoms with Crippen LogP contribution >= 0.6 is 18.3 Å². The summed E-state index contributed by atoms with van der Waals surface area (Å²) < 4.78 is 15.9. The first-order valence-electron chi connectivity index (χ1n) is 9.98. The second-order valence-electron chi connectivity index (χ2n) is 6.47. The number of hydrogen-bond donors (Lipinski definition) is 3. The topological polar surface area (TPSA) is 106 Å². The van der Waals surface area contributed by atoms with E-state index in [-0.39, 0.29) is 11.8 Å². The number of amides is 2. The minimum atomic E-state index is -2.53. The molecule has 8 nitrogen and oxygen atoms in total. The minimum absolute atomic E-state index is 0.0193. The molecule has 11 heteroatoms. The van der Waals surface area contributed by atoms with Crippen molar-refractivity contribution < 1.29 is 28.5 Å². The molecule has 0 aliphatic carbocycles. The average molecular weight is 473 g/mol. The summed E-state index contributed by atoms with van der Waals surface area (Å²) in [6.45, 7) is 2.34. The minimum Gasteiger partial charge on any atom is -0.379 e. The Morgan fingerprint density at radius 3 is 2.21 bits per heavy atom. The van der Waals surface area contributed by atoms with Crippen molar-refractivity contribution in [2.45, 2.75) is 38.5 Å². The van der Waals surface area contributed by atoms with Crippen LogP contribution in [-0.2, 0) is 35.4 Å². The van der Waals surface area contributed by atoms with Crippen molar-refractivity contribution in [3.63, 3.8) is 0 Å². The predicted molar refractivity (Wildman–Crippen MR) is 122 cm³/mol. The van der Waals surface area contributed by atoms with Gasteiger partial charge in [-0.1, -0.05) is 12.8 Å². The van der Waals surface area contributed by atoms with Gasteiger partial charge in [0, 0.05) is 38.3 Å². The van der Waals surface area contributed by atoms with Gasteiger partial charge in [0.2, 0.25) is 11.8 Å². The van der Waals surface area contributed by atoms with Gasteiger partial charge in [-0.3, -0.25) is 9.59 Å². The summed E-state index contributed by atoms with van der Waals surface area (Å²) in [5.41, 5.74) is 0. The molecule has 0 saturated carbocycles. The number of hydrogen-bond acceptors (Lipinski definition) is 7.